The average Bonchev–Trinajstić information content (AvgIpc) is 3.14. The SMILES string of the molecule is CC1=C(C(=O)Nc2cccnc2S(C)(=O)=O)C(=O)N2NC(C(F)(F)F)C(c3ccccc3)C2N1. The molecular weight excluding hydrogens is 475 g/mol. The van der Waals surface area contributed by atoms with Crippen molar-refractivity contribution in [2.24, 2.45) is 0 Å². The molecule has 1 aromatic heterocycles. The van der Waals surface area contributed by atoms with Gasteiger partial charge in [0.1, 0.15) is 17.8 Å². The zero-order valence-electron chi connectivity index (χ0n) is 17.9. The standard InChI is InChI=1S/C21H20F3N5O4S/c1-11-14(18(30)27-13-9-6-10-25-19(13)34(2,32)33)20(31)29-17(26-11)15(12-7-4-3-5-8-12)16(28-29)21(22,23)24/h3-10,15-17,26,28H,1-2H3,(H,27,30). The van der Waals surface area contributed by atoms with Crippen LogP contribution in [0.4, 0.5) is 18.9 Å². The molecule has 4 rings (SSSR count). The minimum atomic E-state index is -4.68. The zero-order chi connectivity index (χ0) is 24.8. The van der Waals surface area contributed by atoms with Crippen LogP contribution in [0.25, 0.3) is 0 Å². The van der Waals surface area contributed by atoms with Crippen LogP contribution in [0.2, 0.25) is 0 Å². The van der Waals surface area contributed by atoms with Crippen LogP contribution in [0.1, 0.15) is 18.4 Å². The summed E-state index contributed by atoms with van der Waals surface area (Å²) >= 11 is 0. The molecule has 0 saturated carbocycles. The Kier molecular flexibility index (Phi) is 5.85. The number of nitrogens with zero attached hydrogens (tertiary/aromatic N) is 2. The van der Waals surface area contributed by atoms with E-state index >= 15 is 0 Å². The lowest BCUT2D eigenvalue weighted by atomic mass is 9.89. The first-order valence-corrected chi connectivity index (χ1v) is 11.9. The van der Waals surface area contributed by atoms with Gasteiger partial charge >= 0.3 is 6.18 Å². The van der Waals surface area contributed by atoms with Gasteiger partial charge in [0.2, 0.25) is 0 Å². The smallest absolute Gasteiger partial charge is 0.366 e. The summed E-state index contributed by atoms with van der Waals surface area (Å²) in [5.74, 6) is -3.14. The van der Waals surface area contributed by atoms with Gasteiger partial charge < -0.3 is 10.6 Å². The molecule has 13 heteroatoms. The van der Waals surface area contributed by atoms with Gasteiger partial charge in [-0.05, 0) is 24.6 Å². The fourth-order valence-electron chi connectivity index (χ4n) is 4.13. The van der Waals surface area contributed by atoms with Crippen LogP contribution < -0.4 is 16.1 Å². The van der Waals surface area contributed by atoms with Crippen LogP contribution in [0, 0.1) is 0 Å². The summed E-state index contributed by atoms with van der Waals surface area (Å²) in [4.78, 5) is 29.9. The Hall–Kier alpha value is -3.45. The van der Waals surface area contributed by atoms with Gasteiger partial charge in [0, 0.05) is 18.1 Å². The fourth-order valence-corrected chi connectivity index (χ4v) is 4.90. The minimum Gasteiger partial charge on any atom is -0.366 e. The van der Waals surface area contributed by atoms with E-state index < -0.39 is 56.6 Å². The van der Waals surface area contributed by atoms with Gasteiger partial charge in [-0.25, -0.2) is 23.8 Å². The lowest BCUT2D eigenvalue weighted by molar-refractivity contribution is -0.161. The van der Waals surface area contributed by atoms with Crippen molar-refractivity contribution >= 4 is 27.3 Å². The van der Waals surface area contributed by atoms with Crippen molar-refractivity contribution in [1.82, 2.24) is 20.7 Å². The molecule has 1 aromatic carbocycles. The van der Waals surface area contributed by atoms with Crippen LogP contribution in [-0.2, 0) is 19.4 Å². The second-order valence-corrected chi connectivity index (χ2v) is 9.86. The number of hydrazine groups is 1. The predicted octanol–water partition coefficient (Wildman–Crippen LogP) is 1.69. The third kappa shape index (κ3) is 4.23. The fraction of sp³-hybridized carbons (Fsp3) is 0.286. The Morgan fingerprint density at radius 1 is 1.15 bits per heavy atom. The molecule has 1 saturated heterocycles. The molecule has 0 radical (unpaired) electrons. The first-order valence-electron chi connectivity index (χ1n) is 10.0. The Morgan fingerprint density at radius 3 is 2.44 bits per heavy atom. The maximum Gasteiger partial charge on any atom is 0.406 e. The summed E-state index contributed by atoms with van der Waals surface area (Å²) in [6.45, 7) is 1.40. The largest absolute Gasteiger partial charge is 0.406 e. The van der Waals surface area contributed by atoms with Gasteiger partial charge in [0.25, 0.3) is 11.8 Å². The number of allylic oxidation sites excluding steroid dienone is 1. The van der Waals surface area contributed by atoms with E-state index in [2.05, 4.69) is 21.0 Å². The molecule has 3 unspecified atom stereocenters. The second kappa shape index (κ2) is 8.40. The zero-order valence-corrected chi connectivity index (χ0v) is 18.7. The summed E-state index contributed by atoms with van der Waals surface area (Å²) in [5, 5.41) is 5.54. The lowest BCUT2D eigenvalue weighted by Gasteiger charge is -2.34. The summed E-state index contributed by atoms with van der Waals surface area (Å²) in [5.41, 5.74) is 2.01. The molecule has 0 bridgehead atoms. The van der Waals surface area contributed by atoms with Crippen LogP contribution in [-0.4, -0.2) is 54.9 Å². The monoisotopic (exact) mass is 495 g/mol. The number of halogens is 3. The molecule has 3 N–H and O–H groups in total. The maximum absolute atomic E-state index is 13.9. The summed E-state index contributed by atoms with van der Waals surface area (Å²) in [6.07, 6.45) is -3.66. The first-order chi connectivity index (χ1) is 15.9. The van der Waals surface area contributed by atoms with Crippen molar-refractivity contribution in [1.29, 1.82) is 0 Å². The van der Waals surface area contributed by atoms with Gasteiger partial charge in [-0.3, -0.25) is 9.59 Å². The van der Waals surface area contributed by atoms with Gasteiger partial charge in [-0.15, -0.1) is 0 Å². The average molecular weight is 495 g/mol. The summed E-state index contributed by atoms with van der Waals surface area (Å²) < 4.78 is 65.5. The van der Waals surface area contributed by atoms with E-state index in [9.17, 15) is 31.2 Å². The molecule has 2 aliphatic heterocycles. The molecule has 2 aliphatic rings. The molecule has 0 aliphatic carbocycles. The lowest BCUT2D eigenvalue weighted by Crippen LogP contribution is -2.56. The normalized spacial score (nSPS) is 22.9. The molecule has 34 heavy (non-hydrogen) atoms. The number of anilines is 1. The molecule has 180 valence electrons. The van der Waals surface area contributed by atoms with Crippen LogP contribution in [0.15, 0.2) is 65.0 Å². The number of fused-ring (bicyclic) bond motifs is 1. The minimum absolute atomic E-state index is 0.0547. The van der Waals surface area contributed by atoms with Crippen molar-refractivity contribution in [3.05, 3.63) is 65.5 Å². The number of amides is 2. The highest BCUT2D eigenvalue weighted by atomic mass is 32.2. The molecule has 2 aromatic rings. The van der Waals surface area contributed by atoms with E-state index in [0.29, 0.717) is 5.56 Å². The molecule has 3 heterocycles. The number of hydrogen-bond donors (Lipinski definition) is 3. The Bertz CT molecular complexity index is 1280. The van der Waals surface area contributed by atoms with Crippen LogP contribution in [0.5, 0.6) is 0 Å². The van der Waals surface area contributed by atoms with Crippen molar-refractivity contribution in [2.75, 3.05) is 11.6 Å². The van der Waals surface area contributed by atoms with Crippen molar-refractivity contribution in [3.63, 3.8) is 0 Å². The quantitative estimate of drug-likeness (QED) is 0.552. The molecule has 2 amide bonds. The van der Waals surface area contributed by atoms with E-state index in [1.165, 1.54) is 37.4 Å². The van der Waals surface area contributed by atoms with Gasteiger partial charge in [-0.2, -0.15) is 13.2 Å². The Balaban J connectivity index is 1.68. The number of benzene rings is 1. The maximum atomic E-state index is 13.9. The van der Waals surface area contributed by atoms with E-state index in [1.807, 2.05) is 0 Å². The van der Waals surface area contributed by atoms with Crippen LogP contribution >= 0.6 is 0 Å². The number of alkyl halides is 3. The number of pyridine rings is 1. The Morgan fingerprint density at radius 2 is 1.82 bits per heavy atom. The van der Waals surface area contributed by atoms with Crippen molar-refractivity contribution in [3.8, 4) is 0 Å². The first kappa shape index (κ1) is 23.7. The van der Waals surface area contributed by atoms with Crippen molar-refractivity contribution in [2.45, 2.75) is 36.3 Å². The molecule has 9 nitrogen and oxygen atoms in total. The van der Waals surface area contributed by atoms with Gasteiger partial charge in [0.05, 0.1) is 11.6 Å². The number of carbonyl (C=O) groups is 2. The molecule has 1 fully saturated rings. The number of hydrogen-bond acceptors (Lipinski definition) is 7. The number of carbonyl (C=O) groups excluding carboxylic acids is 2. The Labute approximate surface area is 192 Å². The summed E-state index contributed by atoms with van der Waals surface area (Å²) in [7, 11) is -3.80. The number of aromatic nitrogens is 1. The van der Waals surface area contributed by atoms with Gasteiger partial charge in [0.15, 0.2) is 14.9 Å². The van der Waals surface area contributed by atoms with Crippen molar-refractivity contribution < 1.29 is 31.2 Å². The molecule has 0 spiro atoms. The highest BCUT2D eigenvalue weighted by Crippen LogP contribution is 2.41. The highest BCUT2D eigenvalue weighted by Gasteiger charge is 2.58. The molecule has 3 atom stereocenters. The van der Waals surface area contributed by atoms with E-state index in [4.69, 9.17) is 0 Å². The topological polar surface area (TPSA) is 120 Å². The van der Waals surface area contributed by atoms with Crippen LogP contribution in [0.3, 0.4) is 0 Å². The van der Waals surface area contributed by atoms with E-state index in [1.54, 1.807) is 18.2 Å². The van der Waals surface area contributed by atoms with E-state index in [-0.39, 0.29) is 11.4 Å². The number of rotatable bonds is 4. The number of nitrogens with one attached hydrogen (secondary N) is 3. The predicted molar refractivity (Wildman–Crippen MR) is 115 cm³/mol. The van der Waals surface area contributed by atoms with Gasteiger partial charge in [-0.1, -0.05) is 30.3 Å². The second-order valence-electron chi connectivity index (χ2n) is 7.93. The number of sulfone groups is 1. The highest BCUT2D eigenvalue weighted by molar-refractivity contribution is 7.90. The summed E-state index contributed by atoms with van der Waals surface area (Å²) in [6, 6.07) is 8.55. The third-order valence-electron chi connectivity index (χ3n) is 5.56. The third-order valence-corrected chi connectivity index (χ3v) is 6.59. The molecular formula is C21H20F3N5O4S. The van der Waals surface area contributed by atoms with E-state index in [0.717, 1.165) is 11.3 Å².